The number of alkyl halides is 3. The second-order valence-electron chi connectivity index (χ2n) is 10.5. The van der Waals surface area contributed by atoms with Crippen molar-refractivity contribution in [3.05, 3.63) is 53.3 Å². The molecule has 8 nitrogen and oxygen atoms in total. The van der Waals surface area contributed by atoms with Crippen LogP contribution in [0.4, 0.5) is 24.5 Å². The summed E-state index contributed by atoms with van der Waals surface area (Å²) >= 11 is 5.29. The monoisotopic (exact) mass is 572 g/mol. The smallest absolute Gasteiger partial charge is 0.352 e. The fourth-order valence-corrected chi connectivity index (χ4v) is 5.73. The molecule has 1 saturated heterocycles. The van der Waals surface area contributed by atoms with Gasteiger partial charge in [-0.1, -0.05) is 12.2 Å². The van der Waals surface area contributed by atoms with Crippen LogP contribution in [0.5, 0.6) is 0 Å². The van der Waals surface area contributed by atoms with Crippen LogP contribution in [0, 0.1) is 17.2 Å². The van der Waals surface area contributed by atoms with Crippen molar-refractivity contribution in [1.82, 2.24) is 15.2 Å². The first kappa shape index (κ1) is 29.4. The summed E-state index contributed by atoms with van der Waals surface area (Å²) in [6.07, 6.45) is 0.0870. The molecule has 1 saturated carbocycles. The van der Waals surface area contributed by atoms with E-state index >= 15 is 0 Å². The maximum absolute atomic E-state index is 13.7. The largest absolute Gasteiger partial charge is 0.419 e. The van der Waals surface area contributed by atoms with Crippen LogP contribution in [0.25, 0.3) is 0 Å². The first-order chi connectivity index (χ1) is 19.0. The molecule has 2 aliphatic rings. The van der Waals surface area contributed by atoms with E-state index in [1.54, 1.807) is 29.2 Å². The number of rotatable bonds is 8. The SMILES string of the molecule is CN1CCCC(CNC(=O)c2ccc(N(C=S)C3(C(=O)N(C)c4cnc(C#N)c(C(F)(F)F)c4)CCC3)cc2)C1. The van der Waals surface area contributed by atoms with Crippen molar-refractivity contribution in [2.24, 2.45) is 5.92 Å². The zero-order valence-corrected chi connectivity index (χ0v) is 23.2. The Hall–Kier alpha value is -3.56. The predicted octanol–water partition coefficient (Wildman–Crippen LogP) is 4.39. The zero-order chi connectivity index (χ0) is 29.1. The number of anilines is 2. The van der Waals surface area contributed by atoms with E-state index in [-0.39, 0.29) is 11.6 Å². The fourth-order valence-electron chi connectivity index (χ4n) is 5.40. The quantitative estimate of drug-likeness (QED) is 0.469. The number of piperidine rings is 1. The van der Waals surface area contributed by atoms with E-state index in [1.165, 1.54) is 18.6 Å². The van der Waals surface area contributed by atoms with Crippen LogP contribution in [-0.2, 0) is 11.0 Å². The van der Waals surface area contributed by atoms with Gasteiger partial charge in [-0.3, -0.25) is 9.59 Å². The summed E-state index contributed by atoms with van der Waals surface area (Å²) in [4.78, 5) is 35.2. The summed E-state index contributed by atoms with van der Waals surface area (Å²) in [5, 5.41) is 12.0. The lowest BCUT2D eigenvalue weighted by Gasteiger charge is -2.49. The van der Waals surface area contributed by atoms with Gasteiger partial charge in [0, 0.05) is 31.4 Å². The van der Waals surface area contributed by atoms with E-state index in [0.717, 1.165) is 49.5 Å². The molecule has 2 aromatic rings. The number of hydrogen-bond donors (Lipinski definition) is 1. The van der Waals surface area contributed by atoms with Gasteiger partial charge < -0.3 is 20.0 Å². The molecule has 1 aromatic carbocycles. The van der Waals surface area contributed by atoms with Crippen LogP contribution in [0.15, 0.2) is 36.5 Å². The number of amides is 2. The average molecular weight is 573 g/mol. The number of pyridine rings is 1. The highest BCUT2D eigenvalue weighted by molar-refractivity contribution is 7.79. The number of aromatic nitrogens is 1. The molecule has 1 atom stereocenters. The van der Waals surface area contributed by atoms with Gasteiger partial charge in [0.1, 0.15) is 11.6 Å². The third-order valence-corrected chi connectivity index (χ3v) is 8.01. The van der Waals surface area contributed by atoms with Crippen molar-refractivity contribution in [3.8, 4) is 6.07 Å². The molecule has 0 spiro atoms. The third kappa shape index (κ3) is 5.95. The van der Waals surface area contributed by atoms with Crippen LogP contribution in [0.2, 0.25) is 0 Å². The number of benzene rings is 1. The van der Waals surface area contributed by atoms with Crippen LogP contribution in [0.3, 0.4) is 0 Å². The van der Waals surface area contributed by atoms with Gasteiger partial charge in [0.25, 0.3) is 11.8 Å². The predicted molar refractivity (Wildman–Crippen MR) is 149 cm³/mol. The molecule has 2 heterocycles. The Morgan fingerprint density at radius 2 is 1.95 bits per heavy atom. The van der Waals surface area contributed by atoms with Gasteiger partial charge in [-0.15, -0.1) is 0 Å². The maximum atomic E-state index is 13.7. The van der Waals surface area contributed by atoms with Crippen LogP contribution < -0.4 is 15.1 Å². The fraction of sp³-hybridized carbons (Fsp3) is 0.464. The Balaban J connectivity index is 1.51. The standard InChI is InChI=1S/C28H31F3N6O2S/c1-35-12-3-5-19(17-35)15-34-25(38)20-6-8-21(9-7-20)37(18-40)27(10-4-11-27)26(39)36(2)22-13-23(28(29,30)31)24(14-32)33-16-22/h6-9,13,16,18-19H,3-5,10-12,15,17H2,1-2H3,(H,34,38). The van der Waals surface area contributed by atoms with E-state index in [0.29, 0.717) is 36.6 Å². The van der Waals surface area contributed by atoms with E-state index < -0.39 is 28.9 Å². The van der Waals surface area contributed by atoms with Gasteiger partial charge >= 0.3 is 6.18 Å². The summed E-state index contributed by atoms with van der Waals surface area (Å²) in [5.74, 6) is -0.220. The van der Waals surface area contributed by atoms with Gasteiger partial charge in [0.05, 0.1) is 22.9 Å². The summed E-state index contributed by atoms with van der Waals surface area (Å²) < 4.78 is 40.5. The van der Waals surface area contributed by atoms with Crippen molar-refractivity contribution in [2.75, 3.05) is 43.5 Å². The molecule has 1 aliphatic heterocycles. The molecule has 2 fully saturated rings. The second kappa shape index (κ2) is 11.9. The number of hydrogen-bond acceptors (Lipinski definition) is 6. The minimum atomic E-state index is -4.80. The van der Waals surface area contributed by atoms with Crippen molar-refractivity contribution in [3.63, 3.8) is 0 Å². The first-order valence-corrected chi connectivity index (χ1v) is 13.5. The van der Waals surface area contributed by atoms with Gasteiger partial charge in [0.15, 0.2) is 5.69 Å². The maximum Gasteiger partial charge on any atom is 0.419 e. The Kier molecular flexibility index (Phi) is 8.75. The number of halogens is 3. The number of nitrogens with zero attached hydrogens (tertiary/aromatic N) is 5. The topological polar surface area (TPSA) is 92.6 Å². The molecule has 40 heavy (non-hydrogen) atoms. The number of carbonyl (C=O) groups is 2. The Morgan fingerprint density at radius 3 is 2.50 bits per heavy atom. The van der Waals surface area contributed by atoms with E-state index in [1.807, 2.05) is 0 Å². The van der Waals surface area contributed by atoms with Crippen LogP contribution in [-0.4, -0.2) is 66.5 Å². The molecule has 1 aliphatic carbocycles. The van der Waals surface area contributed by atoms with Crippen LogP contribution >= 0.6 is 12.2 Å². The number of thiocarbonyl (C=S) groups is 1. The number of likely N-dealkylation sites (tertiary alicyclic amines) is 1. The van der Waals surface area contributed by atoms with Crippen LogP contribution in [0.1, 0.15) is 53.7 Å². The molecule has 212 valence electrons. The highest BCUT2D eigenvalue weighted by Crippen LogP contribution is 2.42. The highest BCUT2D eigenvalue weighted by atomic mass is 32.1. The van der Waals surface area contributed by atoms with Crippen molar-refractivity contribution < 1.29 is 22.8 Å². The summed E-state index contributed by atoms with van der Waals surface area (Å²) in [6.45, 7) is 2.62. The van der Waals surface area contributed by atoms with Gasteiger partial charge in [0.2, 0.25) is 0 Å². The van der Waals surface area contributed by atoms with Crippen molar-refractivity contribution in [1.29, 1.82) is 5.26 Å². The average Bonchev–Trinajstić information content (AvgIpc) is 2.92. The third-order valence-electron chi connectivity index (χ3n) is 7.80. The minimum Gasteiger partial charge on any atom is -0.352 e. The number of nitrogens with one attached hydrogen (secondary N) is 1. The van der Waals surface area contributed by atoms with E-state index in [4.69, 9.17) is 17.5 Å². The van der Waals surface area contributed by atoms with Crippen molar-refractivity contribution in [2.45, 2.75) is 43.8 Å². The zero-order valence-electron chi connectivity index (χ0n) is 22.4. The Labute approximate surface area is 236 Å². The molecular weight excluding hydrogens is 541 g/mol. The molecule has 4 rings (SSSR count). The molecule has 2 amide bonds. The Bertz CT molecular complexity index is 1310. The van der Waals surface area contributed by atoms with Gasteiger partial charge in [-0.05, 0) is 81.9 Å². The lowest BCUT2D eigenvalue weighted by molar-refractivity contribution is -0.138. The number of likely N-dealkylation sites (N-methyl/N-ethyl adjacent to an activating group) is 1. The van der Waals surface area contributed by atoms with E-state index in [2.05, 4.69) is 22.2 Å². The van der Waals surface area contributed by atoms with Crippen molar-refractivity contribution >= 4 is 40.9 Å². The first-order valence-electron chi connectivity index (χ1n) is 13.1. The van der Waals surface area contributed by atoms with E-state index in [9.17, 15) is 22.8 Å². The molecular formula is C28H31F3N6O2S. The summed E-state index contributed by atoms with van der Waals surface area (Å²) in [7, 11) is 3.46. The Morgan fingerprint density at radius 1 is 1.25 bits per heavy atom. The second-order valence-corrected chi connectivity index (χ2v) is 10.7. The lowest BCUT2D eigenvalue weighted by atomic mass is 9.74. The van der Waals surface area contributed by atoms with Gasteiger partial charge in [-0.25, -0.2) is 4.98 Å². The normalized spacial score (nSPS) is 18.6. The minimum absolute atomic E-state index is 0.0805. The molecule has 1 unspecified atom stereocenters. The molecule has 12 heteroatoms. The van der Waals surface area contributed by atoms with Gasteiger partial charge in [-0.2, -0.15) is 18.4 Å². The summed E-state index contributed by atoms with van der Waals surface area (Å²) in [5.41, 5.74) is -0.709. The lowest BCUT2D eigenvalue weighted by Crippen LogP contribution is -2.63. The molecule has 1 N–H and O–H groups in total. The number of carbonyl (C=O) groups excluding carboxylic acids is 2. The summed E-state index contributed by atoms with van der Waals surface area (Å²) in [6, 6.07) is 8.97. The number of nitriles is 1. The molecule has 0 radical (unpaired) electrons. The highest BCUT2D eigenvalue weighted by Gasteiger charge is 2.50. The molecule has 0 bridgehead atoms. The molecule has 1 aromatic heterocycles.